The number of pyridine rings is 1. The van der Waals surface area contributed by atoms with E-state index in [0.29, 0.717) is 5.92 Å². The molecule has 0 bridgehead atoms. The van der Waals surface area contributed by atoms with Crippen LogP contribution in [0.1, 0.15) is 44.3 Å². The minimum Gasteiger partial charge on any atom is -0.481 e. The van der Waals surface area contributed by atoms with E-state index in [9.17, 15) is 9.18 Å². The molecule has 0 saturated heterocycles. The van der Waals surface area contributed by atoms with Crippen LogP contribution in [0.25, 0.3) is 0 Å². The first-order chi connectivity index (χ1) is 9.56. The number of carbonyl (C=O) groups is 1. The van der Waals surface area contributed by atoms with Gasteiger partial charge in [0.05, 0.1) is 17.8 Å². The van der Waals surface area contributed by atoms with Crippen molar-refractivity contribution in [2.24, 2.45) is 11.8 Å². The molecule has 0 radical (unpaired) electrons. The monoisotopic (exact) mass is 280 g/mol. The van der Waals surface area contributed by atoms with Crippen LogP contribution < -0.4 is 5.32 Å². The van der Waals surface area contributed by atoms with Crippen LogP contribution in [-0.2, 0) is 4.79 Å². The van der Waals surface area contributed by atoms with Gasteiger partial charge < -0.3 is 10.4 Å². The number of hydrogen-bond acceptors (Lipinski definition) is 3. The predicted octanol–water partition coefficient (Wildman–Crippen LogP) is 2.76. The summed E-state index contributed by atoms with van der Waals surface area (Å²) in [6, 6.07) is 3.18. The van der Waals surface area contributed by atoms with Gasteiger partial charge in [-0.15, -0.1) is 0 Å². The number of hydrogen-bond donors (Lipinski definition) is 2. The summed E-state index contributed by atoms with van der Waals surface area (Å²) in [6.45, 7) is 2.86. The Labute approximate surface area is 118 Å². The van der Waals surface area contributed by atoms with Gasteiger partial charge in [0, 0.05) is 6.04 Å². The average Bonchev–Trinajstić information content (AvgIpc) is 2.46. The van der Waals surface area contributed by atoms with Crippen LogP contribution in [0.3, 0.4) is 0 Å². The van der Waals surface area contributed by atoms with Crippen LogP contribution in [0.15, 0.2) is 18.3 Å². The van der Waals surface area contributed by atoms with Crippen molar-refractivity contribution in [3.05, 3.63) is 29.8 Å². The first kappa shape index (κ1) is 14.9. The Hall–Kier alpha value is -1.49. The van der Waals surface area contributed by atoms with Crippen molar-refractivity contribution in [2.75, 3.05) is 6.54 Å². The molecule has 0 amide bonds. The number of aliphatic carboxylic acids is 1. The van der Waals surface area contributed by atoms with Gasteiger partial charge in [0.1, 0.15) is 5.82 Å². The molecule has 1 heterocycles. The van der Waals surface area contributed by atoms with Gasteiger partial charge in [0.2, 0.25) is 0 Å². The van der Waals surface area contributed by atoms with Gasteiger partial charge in [-0.3, -0.25) is 9.78 Å². The van der Waals surface area contributed by atoms with Gasteiger partial charge in [-0.1, -0.05) is 0 Å². The zero-order chi connectivity index (χ0) is 14.5. The fraction of sp³-hybridized carbons (Fsp3) is 0.600. The topological polar surface area (TPSA) is 62.2 Å². The number of aromatic nitrogens is 1. The van der Waals surface area contributed by atoms with Crippen molar-refractivity contribution in [3.8, 4) is 0 Å². The van der Waals surface area contributed by atoms with Crippen molar-refractivity contribution >= 4 is 5.97 Å². The van der Waals surface area contributed by atoms with Crippen molar-refractivity contribution < 1.29 is 14.3 Å². The molecular weight excluding hydrogens is 259 g/mol. The lowest BCUT2D eigenvalue weighted by Gasteiger charge is -2.27. The lowest BCUT2D eigenvalue weighted by molar-refractivity contribution is -0.143. The quantitative estimate of drug-likeness (QED) is 0.870. The molecule has 4 nitrogen and oxygen atoms in total. The number of carboxylic acids is 1. The highest BCUT2D eigenvalue weighted by Gasteiger charge is 2.25. The van der Waals surface area contributed by atoms with Crippen LogP contribution in [0.5, 0.6) is 0 Å². The molecule has 1 aliphatic carbocycles. The van der Waals surface area contributed by atoms with Crippen LogP contribution in [0, 0.1) is 17.7 Å². The maximum atomic E-state index is 12.8. The second kappa shape index (κ2) is 6.79. The summed E-state index contributed by atoms with van der Waals surface area (Å²) in [7, 11) is 0. The van der Waals surface area contributed by atoms with E-state index < -0.39 is 5.97 Å². The first-order valence-electron chi connectivity index (χ1n) is 7.14. The Bertz CT molecular complexity index is 442. The van der Waals surface area contributed by atoms with E-state index in [4.69, 9.17) is 5.11 Å². The molecule has 1 aromatic heterocycles. The van der Waals surface area contributed by atoms with Gasteiger partial charge in [-0.05, 0) is 57.2 Å². The summed E-state index contributed by atoms with van der Waals surface area (Å²) in [5.74, 6) is -0.635. The van der Waals surface area contributed by atoms with Gasteiger partial charge >= 0.3 is 5.97 Å². The molecule has 2 rings (SSSR count). The van der Waals surface area contributed by atoms with Crippen molar-refractivity contribution in [3.63, 3.8) is 0 Å². The lowest BCUT2D eigenvalue weighted by Crippen LogP contribution is -2.30. The molecule has 20 heavy (non-hydrogen) atoms. The zero-order valence-electron chi connectivity index (χ0n) is 11.7. The third-order valence-electron chi connectivity index (χ3n) is 4.10. The molecule has 2 N–H and O–H groups in total. The number of halogens is 1. The summed E-state index contributed by atoms with van der Waals surface area (Å²) in [4.78, 5) is 14.9. The Kier molecular flexibility index (Phi) is 5.06. The molecular formula is C15H21FN2O2. The molecule has 1 fully saturated rings. The third-order valence-corrected chi connectivity index (χ3v) is 4.10. The van der Waals surface area contributed by atoms with E-state index in [2.05, 4.69) is 10.3 Å². The number of carboxylic acid groups (broad SMARTS) is 1. The maximum absolute atomic E-state index is 12.8. The summed E-state index contributed by atoms with van der Waals surface area (Å²) < 4.78 is 12.8. The standard InChI is InChI=1S/C15H21FN2O2/c1-10(14-7-6-13(16)9-18-14)17-8-11-2-4-12(5-3-11)15(19)20/h6-7,9-12,17H,2-5,8H2,1H3,(H,19,20). The minimum absolute atomic E-state index is 0.0767. The van der Waals surface area contributed by atoms with E-state index in [1.54, 1.807) is 6.07 Å². The smallest absolute Gasteiger partial charge is 0.306 e. The number of nitrogens with one attached hydrogen (secondary N) is 1. The van der Waals surface area contributed by atoms with Gasteiger partial charge in [-0.2, -0.15) is 0 Å². The molecule has 0 aromatic carbocycles. The highest BCUT2D eigenvalue weighted by Crippen LogP contribution is 2.28. The van der Waals surface area contributed by atoms with Crippen molar-refractivity contribution in [2.45, 2.75) is 38.6 Å². The molecule has 1 saturated carbocycles. The number of nitrogens with zero attached hydrogens (tertiary/aromatic N) is 1. The average molecular weight is 280 g/mol. The molecule has 0 aliphatic heterocycles. The summed E-state index contributed by atoms with van der Waals surface area (Å²) in [5.41, 5.74) is 0.825. The fourth-order valence-electron chi connectivity index (χ4n) is 2.70. The molecule has 1 aliphatic rings. The largest absolute Gasteiger partial charge is 0.481 e. The summed E-state index contributed by atoms with van der Waals surface area (Å²) in [6.07, 6.45) is 4.67. The second-order valence-electron chi connectivity index (χ2n) is 5.59. The highest BCUT2D eigenvalue weighted by atomic mass is 19.1. The Morgan fingerprint density at radius 1 is 1.45 bits per heavy atom. The Balaban J connectivity index is 1.75. The van der Waals surface area contributed by atoms with Gasteiger partial charge in [0.25, 0.3) is 0 Å². The minimum atomic E-state index is -0.666. The normalized spacial score (nSPS) is 24.3. The molecule has 1 aromatic rings. The fourth-order valence-corrected chi connectivity index (χ4v) is 2.70. The predicted molar refractivity (Wildman–Crippen MR) is 73.7 cm³/mol. The lowest BCUT2D eigenvalue weighted by atomic mass is 9.82. The Morgan fingerprint density at radius 3 is 2.70 bits per heavy atom. The molecule has 0 spiro atoms. The van der Waals surface area contributed by atoms with Crippen LogP contribution >= 0.6 is 0 Å². The molecule has 5 heteroatoms. The molecule has 110 valence electrons. The van der Waals surface area contributed by atoms with E-state index in [-0.39, 0.29) is 17.8 Å². The van der Waals surface area contributed by atoms with Gasteiger partial charge in [0.15, 0.2) is 0 Å². The highest BCUT2D eigenvalue weighted by molar-refractivity contribution is 5.69. The van der Waals surface area contributed by atoms with E-state index in [1.807, 2.05) is 6.92 Å². The van der Waals surface area contributed by atoms with E-state index >= 15 is 0 Å². The number of rotatable bonds is 5. The van der Waals surface area contributed by atoms with Crippen molar-refractivity contribution in [1.82, 2.24) is 10.3 Å². The Morgan fingerprint density at radius 2 is 2.15 bits per heavy atom. The molecule has 1 atom stereocenters. The molecule has 1 unspecified atom stereocenters. The van der Waals surface area contributed by atoms with E-state index in [0.717, 1.165) is 37.9 Å². The van der Waals surface area contributed by atoms with Crippen LogP contribution in [0.4, 0.5) is 4.39 Å². The summed E-state index contributed by atoms with van der Waals surface area (Å²) >= 11 is 0. The maximum Gasteiger partial charge on any atom is 0.306 e. The summed E-state index contributed by atoms with van der Waals surface area (Å²) in [5, 5.41) is 12.4. The first-order valence-corrected chi connectivity index (χ1v) is 7.14. The van der Waals surface area contributed by atoms with Crippen LogP contribution in [-0.4, -0.2) is 22.6 Å². The SMILES string of the molecule is CC(NCC1CCC(C(=O)O)CC1)c1ccc(F)cn1. The third kappa shape index (κ3) is 4.00. The van der Waals surface area contributed by atoms with E-state index in [1.165, 1.54) is 12.3 Å². The van der Waals surface area contributed by atoms with Gasteiger partial charge in [-0.25, -0.2) is 4.39 Å². The van der Waals surface area contributed by atoms with Crippen LogP contribution in [0.2, 0.25) is 0 Å². The zero-order valence-corrected chi connectivity index (χ0v) is 11.7. The van der Waals surface area contributed by atoms with Crippen molar-refractivity contribution in [1.29, 1.82) is 0 Å². The second-order valence-corrected chi connectivity index (χ2v) is 5.59.